The van der Waals surface area contributed by atoms with Crippen molar-refractivity contribution in [1.82, 2.24) is 10.3 Å². The van der Waals surface area contributed by atoms with Crippen LogP contribution in [0.5, 0.6) is 11.5 Å². The molecule has 1 heterocycles. The summed E-state index contributed by atoms with van der Waals surface area (Å²) in [5.41, 5.74) is 2.28. The largest absolute Gasteiger partial charge is 0.493 e. The molecule has 0 bridgehead atoms. The van der Waals surface area contributed by atoms with Gasteiger partial charge in [0.25, 0.3) is 5.91 Å². The fourth-order valence-corrected chi connectivity index (χ4v) is 2.19. The monoisotopic (exact) mass is 329 g/mol. The van der Waals surface area contributed by atoms with Gasteiger partial charge in [-0.05, 0) is 36.2 Å². The smallest absolute Gasteiger partial charge is 0.269 e. The number of ether oxygens (including phenoxy) is 2. The highest BCUT2D eigenvalue weighted by Gasteiger charge is 2.08. The Labute approximate surface area is 142 Å². The van der Waals surface area contributed by atoms with Gasteiger partial charge in [-0.3, -0.25) is 9.78 Å². The van der Waals surface area contributed by atoms with Crippen LogP contribution in [0.3, 0.4) is 0 Å². The molecule has 0 aliphatic heterocycles. The molecule has 0 saturated carbocycles. The number of nitrogens with zero attached hydrogens (tertiary/aromatic N) is 1. The fourth-order valence-electron chi connectivity index (χ4n) is 2.19. The van der Waals surface area contributed by atoms with Crippen LogP contribution in [0.2, 0.25) is 0 Å². The summed E-state index contributed by atoms with van der Waals surface area (Å²) in [6.07, 6.45) is 2.51. The molecule has 0 fully saturated rings. The lowest BCUT2D eigenvalue weighted by atomic mass is 10.2. The molecule has 2 aromatic rings. The van der Waals surface area contributed by atoms with Crippen LogP contribution in [-0.4, -0.2) is 31.7 Å². The molecule has 1 aromatic carbocycles. The van der Waals surface area contributed by atoms with Crippen LogP contribution in [0.25, 0.3) is 0 Å². The van der Waals surface area contributed by atoms with Crippen LogP contribution in [0.1, 0.15) is 29.4 Å². The zero-order chi connectivity index (χ0) is 17.4. The quantitative estimate of drug-likeness (QED) is 0.779. The molecule has 0 radical (unpaired) electrons. The van der Waals surface area contributed by atoms with Gasteiger partial charge in [0, 0.05) is 25.0 Å². The Morgan fingerprint density at radius 2 is 1.92 bits per heavy atom. The van der Waals surface area contributed by atoms with Crippen LogP contribution in [0.4, 0.5) is 5.69 Å². The summed E-state index contributed by atoms with van der Waals surface area (Å²) in [6, 6.07) is 9.32. The molecule has 0 aliphatic rings. The highest BCUT2D eigenvalue weighted by Crippen LogP contribution is 2.27. The number of pyridine rings is 1. The molecule has 6 heteroatoms. The number of hydrogen-bond acceptors (Lipinski definition) is 5. The van der Waals surface area contributed by atoms with Gasteiger partial charge in [0.1, 0.15) is 5.69 Å². The Morgan fingerprint density at radius 3 is 2.62 bits per heavy atom. The summed E-state index contributed by atoms with van der Waals surface area (Å²) >= 11 is 0. The van der Waals surface area contributed by atoms with Crippen LogP contribution in [-0.2, 0) is 6.54 Å². The molecule has 0 saturated heterocycles. The average Bonchev–Trinajstić information content (AvgIpc) is 2.64. The van der Waals surface area contributed by atoms with Crippen LogP contribution < -0.4 is 20.1 Å². The van der Waals surface area contributed by atoms with Crippen molar-refractivity contribution in [3.05, 3.63) is 47.8 Å². The second-order valence-electron chi connectivity index (χ2n) is 5.23. The van der Waals surface area contributed by atoms with E-state index in [0.29, 0.717) is 30.3 Å². The van der Waals surface area contributed by atoms with E-state index in [2.05, 4.69) is 15.6 Å². The van der Waals surface area contributed by atoms with Gasteiger partial charge in [0.05, 0.1) is 14.2 Å². The topological polar surface area (TPSA) is 72.5 Å². The van der Waals surface area contributed by atoms with Gasteiger partial charge in [-0.15, -0.1) is 0 Å². The van der Waals surface area contributed by atoms with Gasteiger partial charge in [0.2, 0.25) is 0 Å². The van der Waals surface area contributed by atoms with E-state index >= 15 is 0 Å². The van der Waals surface area contributed by atoms with E-state index in [9.17, 15) is 4.79 Å². The second kappa shape index (κ2) is 8.76. The predicted molar refractivity (Wildman–Crippen MR) is 93.7 cm³/mol. The fraction of sp³-hybridized carbons (Fsp3) is 0.333. The van der Waals surface area contributed by atoms with Gasteiger partial charge in [-0.25, -0.2) is 0 Å². The molecule has 0 aliphatic carbocycles. The molecule has 0 spiro atoms. The van der Waals surface area contributed by atoms with Crippen LogP contribution >= 0.6 is 0 Å². The molecular formula is C18H23N3O3. The van der Waals surface area contributed by atoms with Gasteiger partial charge in [-0.1, -0.05) is 13.0 Å². The molecular weight excluding hydrogens is 306 g/mol. The average molecular weight is 329 g/mol. The summed E-state index contributed by atoms with van der Waals surface area (Å²) in [6.45, 7) is 3.25. The van der Waals surface area contributed by atoms with E-state index < -0.39 is 0 Å². The van der Waals surface area contributed by atoms with Crippen molar-refractivity contribution >= 4 is 11.6 Å². The van der Waals surface area contributed by atoms with Crippen molar-refractivity contribution in [2.45, 2.75) is 19.9 Å². The summed E-state index contributed by atoms with van der Waals surface area (Å²) in [4.78, 5) is 16.1. The maximum atomic E-state index is 12.0. The summed E-state index contributed by atoms with van der Waals surface area (Å²) in [5.74, 6) is 1.22. The minimum Gasteiger partial charge on any atom is -0.493 e. The highest BCUT2D eigenvalue weighted by atomic mass is 16.5. The number of amides is 1. The third kappa shape index (κ3) is 4.62. The lowest BCUT2D eigenvalue weighted by Gasteiger charge is -2.11. The number of hydrogen-bond donors (Lipinski definition) is 2. The molecule has 1 aromatic heterocycles. The van der Waals surface area contributed by atoms with E-state index in [1.165, 1.54) is 0 Å². The van der Waals surface area contributed by atoms with Gasteiger partial charge in [0.15, 0.2) is 11.5 Å². The van der Waals surface area contributed by atoms with Crippen LogP contribution in [0, 0.1) is 0 Å². The SMILES string of the molecule is CCCNC(=O)c1cc(NCc2ccc(OC)c(OC)c2)ccn1. The highest BCUT2D eigenvalue weighted by molar-refractivity contribution is 5.93. The van der Waals surface area contributed by atoms with Gasteiger partial charge < -0.3 is 20.1 Å². The first-order valence-corrected chi connectivity index (χ1v) is 7.87. The van der Waals surface area contributed by atoms with Crippen molar-refractivity contribution in [2.24, 2.45) is 0 Å². The number of nitrogens with one attached hydrogen (secondary N) is 2. The lowest BCUT2D eigenvalue weighted by molar-refractivity contribution is 0.0948. The van der Waals surface area contributed by atoms with Crippen molar-refractivity contribution in [1.29, 1.82) is 0 Å². The number of rotatable bonds is 8. The Bertz CT molecular complexity index is 689. The second-order valence-corrected chi connectivity index (χ2v) is 5.23. The third-order valence-corrected chi connectivity index (χ3v) is 3.47. The minimum atomic E-state index is -0.161. The van der Waals surface area contributed by atoms with E-state index in [0.717, 1.165) is 17.7 Å². The molecule has 1 amide bonds. The number of carbonyl (C=O) groups is 1. The zero-order valence-electron chi connectivity index (χ0n) is 14.3. The first-order valence-electron chi connectivity index (χ1n) is 7.87. The normalized spacial score (nSPS) is 10.1. The van der Waals surface area contributed by atoms with Crippen molar-refractivity contribution < 1.29 is 14.3 Å². The maximum absolute atomic E-state index is 12.0. The number of anilines is 1. The molecule has 2 N–H and O–H groups in total. The molecule has 2 rings (SSSR count). The van der Waals surface area contributed by atoms with E-state index in [1.807, 2.05) is 31.2 Å². The summed E-state index contributed by atoms with van der Waals surface area (Å²) in [7, 11) is 3.22. The Morgan fingerprint density at radius 1 is 1.12 bits per heavy atom. The Hall–Kier alpha value is -2.76. The minimum absolute atomic E-state index is 0.161. The van der Waals surface area contributed by atoms with Crippen molar-refractivity contribution in [3.63, 3.8) is 0 Å². The van der Waals surface area contributed by atoms with E-state index in [4.69, 9.17) is 9.47 Å². The Kier molecular flexibility index (Phi) is 6.42. The molecule has 6 nitrogen and oxygen atoms in total. The first-order chi connectivity index (χ1) is 11.7. The van der Waals surface area contributed by atoms with Crippen LogP contribution in [0.15, 0.2) is 36.5 Å². The summed E-state index contributed by atoms with van der Waals surface area (Å²) < 4.78 is 10.5. The zero-order valence-corrected chi connectivity index (χ0v) is 14.3. The Balaban J connectivity index is 2.03. The van der Waals surface area contributed by atoms with Crippen molar-refractivity contribution in [2.75, 3.05) is 26.1 Å². The predicted octanol–water partition coefficient (Wildman–Crippen LogP) is 2.85. The number of benzene rings is 1. The number of aromatic nitrogens is 1. The van der Waals surface area contributed by atoms with E-state index in [-0.39, 0.29) is 5.91 Å². The first kappa shape index (κ1) is 17.6. The van der Waals surface area contributed by atoms with Crippen molar-refractivity contribution in [3.8, 4) is 11.5 Å². The number of carbonyl (C=O) groups excluding carboxylic acids is 1. The molecule has 24 heavy (non-hydrogen) atoms. The molecule has 0 atom stereocenters. The third-order valence-electron chi connectivity index (χ3n) is 3.47. The van der Waals surface area contributed by atoms with Gasteiger partial charge in [-0.2, -0.15) is 0 Å². The lowest BCUT2D eigenvalue weighted by Crippen LogP contribution is -2.24. The molecule has 128 valence electrons. The standard InChI is InChI=1S/C18H23N3O3/c1-4-8-20-18(22)15-11-14(7-9-19-15)21-12-13-5-6-16(23-2)17(10-13)24-3/h5-7,9-11H,4,8,12H2,1-3H3,(H,19,21)(H,20,22). The summed E-state index contributed by atoms with van der Waals surface area (Å²) in [5, 5.41) is 6.10. The van der Waals surface area contributed by atoms with Gasteiger partial charge >= 0.3 is 0 Å². The molecule has 0 unspecified atom stereocenters. The van der Waals surface area contributed by atoms with E-state index in [1.54, 1.807) is 26.5 Å². The number of methoxy groups -OCH3 is 2. The maximum Gasteiger partial charge on any atom is 0.269 e.